The molecule has 0 bridgehead atoms. The predicted octanol–water partition coefficient (Wildman–Crippen LogP) is 4.20. The van der Waals surface area contributed by atoms with Crippen molar-refractivity contribution in [1.82, 2.24) is 4.98 Å². The largest absolute Gasteiger partial charge is 0.465 e. The molecule has 0 radical (unpaired) electrons. The molecular formula is C23H21N3O3. The molecule has 1 aliphatic rings. The molecule has 3 aromatic rings. The van der Waals surface area contributed by atoms with Gasteiger partial charge in [-0.05, 0) is 49.2 Å². The monoisotopic (exact) mass is 387 g/mol. The minimum atomic E-state index is -0.422. The number of rotatable bonds is 4. The molecule has 146 valence electrons. The van der Waals surface area contributed by atoms with Crippen LogP contribution in [0.3, 0.4) is 0 Å². The van der Waals surface area contributed by atoms with Crippen molar-refractivity contribution in [2.75, 3.05) is 17.3 Å². The molecule has 0 fully saturated rings. The van der Waals surface area contributed by atoms with Gasteiger partial charge < -0.3 is 15.0 Å². The summed E-state index contributed by atoms with van der Waals surface area (Å²) in [5, 5.41) is 3.16. The Hall–Kier alpha value is -3.67. The first-order valence-corrected chi connectivity index (χ1v) is 9.40. The fourth-order valence-corrected chi connectivity index (χ4v) is 3.63. The fraction of sp³-hybridized carbons (Fsp3) is 0.174. The van der Waals surface area contributed by atoms with Crippen molar-refractivity contribution in [3.63, 3.8) is 0 Å². The van der Waals surface area contributed by atoms with E-state index in [9.17, 15) is 9.59 Å². The molecule has 2 heterocycles. The van der Waals surface area contributed by atoms with E-state index >= 15 is 0 Å². The predicted molar refractivity (Wildman–Crippen MR) is 112 cm³/mol. The number of carbonyl (C=O) groups is 2. The van der Waals surface area contributed by atoms with Crippen LogP contribution < -0.4 is 10.2 Å². The van der Waals surface area contributed by atoms with Gasteiger partial charge in [0, 0.05) is 11.7 Å². The Balaban J connectivity index is 1.55. The van der Waals surface area contributed by atoms with Crippen LogP contribution in [-0.4, -0.2) is 30.0 Å². The maximum atomic E-state index is 13.1. The maximum absolute atomic E-state index is 13.1. The van der Waals surface area contributed by atoms with E-state index in [4.69, 9.17) is 4.74 Å². The highest BCUT2D eigenvalue weighted by Crippen LogP contribution is 2.33. The van der Waals surface area contributed by atoms with Crippen molar-refractivity contribution in [3.8, 4) is 0 Å². The summed E-state index contributed by atoms with van der Waals surface area (Å²) >= 11 is 0. The number of amides is 1. The number of fused-ring (bicyclic) bond motifs is 1. The van der Waals surface area contributed by atoms with Gasteiger partial charge in [0.2, 0.25) is 0 Å². The molecule has 29 heavy (non-hydrogen) atoms. The molecule has 1 N–H and O–H groups in total. The summed E-state index contributed by atoms with van der Waals surface area (Å²) in [5.74, 6) is -0.543. The Labute approximate surface area is 169 Å². The number of nitrogens with one attached hydrogen (secondary N) is 1. The third-order valence-corrected chi connectivity index (χ3v) is 5.02. The summed E-state index contributed by atoms with van der Waals surface area (Å²) in [6, 6.07) is 18.6. The summed E-state index contributed by atoms with van der Waals surface area (Å²) in [7, 11) is 1.35. The van der Waals surface area contributed by atoms with E-state index in [2.05, 4.69) is 16.4 Å². The second kappa shape index (κ2) is 7.75. The zero-order chi connectivity index (χ0) is 20.4. The number of carbonyl (C=O) groups excluding carboxylic acids is 2. The van der Waals surface area contributed by atoms with Gasteiger partial charge in [0.05, 0.1) is 30.2 Å². The van der Waals surface area contributed by atoms with Gasteiger partial charge in [0.1, 0.15) is 5.69 Å². The Morgan fingerprint density at radius 3 is 2.59 bits per heavy atom. The van der Waals surface area contributed by atoms with Crippen molar-refractivity contribution < 1.29 is 14.3 Å². The lowest BCUT2D eigenvalue weighted by molar-refractivity contribution is 0.0601. The number of para-hydroxylation sites is 2. The van der Waals surface area contributed by atoms with Gasteiger partial charge >= 0.3 is 5.97 Å². The third-order valence-electron chi connectivity index (χ3n) is 5.02. The summed E-state index contributed by atoms with van der Waals surface area (Å²) in [6.45, 7) is 2.04. The lowest BCUT2D eigenvalue weighted by atomic mass is 10.1. The van der Waals surface area contributed by atoms with Gasteiger partial charge in [-0.1, -0.05) is 30.3 Å². The molecule has 4 rings (SSSR count). The molecule has 0 saturated heterocycles. The smallest absolute Gasteiger partial charge is 0.339 e. The number of pyridine rings is 1. The van der Waals surface area contributed by atoms with Crippen LogP contribution in [0, 0.1) is 0 Å². The zero-order valence-corrected chi connectivity index (χ0v) is 16.3. The average Bonchev–Trinajstić information content (AvgIpc) is 3.09. The van der Waals surface area contributed by atoms with Crippen molar-refractivity contribution in [2.24, 2.45) is 0 Å². The van der Waals surface area contributed by atoms with E-state index in [0.29, 0.717) is 22.6 Å². The Bertz CT molecular complexity index is 1060. The quantitative estimate of drug-likeness (QED) is 0.679. The van der Waals surface area contributed by atoms with Crippen LogP contribution in [0.25, 0.3) is 0 Å². The molecule has 0 aliphatic carbocycles. The number of anilines is 3. The van der Waals surface area contributed by atoms with E-state index in [-0.39, 0.29) is 11.9 Å². The van der Waals surface area contributed by atoms with E-state index in [1.165, 1.54) is 12.7 Å². The number of esters is 1. The number of hydrogen-bond acceptors (Lipinski definition) is 5. The van der Waals surface area contributed by atoms with Crippen LogP contribution >= 0.6 is 0 Å². The molecule has 2 aromatic carbocycles. The van der Waals surface area contributed by atoms with Gasteiger partial charge in [0.25, 0.3) is 5.91 Å². The van der Waals surface area contributed by atoms with E-state index < -0.39 is 5.97 Å². The lowest BCUT2D eigenvalue weighted by Gasteiger charge is -2.22. The third kappa shape index (κ3) is 3.57. The van der Waals surface area contributed by atoms with Crippen molar-refractivity contribution >= 4 is 28.9 Å². The van der Waals surface area contributed by atoms with Crippen molar-refractivity contribution in [1.29, 1.82) is 0 Å². The summed E-state index contributed by atoms with van der Waals surface area (Å²) in [4.78, 5) is 31.1. The van der Waals surface area contributed by atoms with Gasteiger partial charge in [-0.3, -0.25) is 4.79 Å². The normalized spacial score (nSPS) is 15.0. The average molecular weight is 387 g/mol. The maximum Gasteiger partial charge on any atom is 0.339 e. The SMILES string of the molecule is COC(=O)c1ccccc1Nc1ccc(C(=O)N2c3ccccc3CC2C)nc1. The van der Waals surface area contributed by atoms with Gasteiger partial charge in [-0.15, -0.1) is 0 Å². The molecule has 1 aliphatic heterocycles. The number of aromatic nitrogens is 1. The molecule has 1 amide bonds. The first-order chi connectivity index (χ1) is 14.1. The highest BCUT2D eigenvalue weighted by molar-refractivity contribution is 6.06. The number of benzene rings is 2. The summed E-state index contributed by atoms with van der Waals surface area (Å²) in [5.41, 5.74) is 4.21. The lowest BCUT2D eigenvalue weighted by Crippen LogP contribution is -2.36. The molecule has 0 saturated carbocycles. The second-order valence-corrected chi connectivity index (χ2v) is 6.95. The number of ether oxygens (including phenoxy) is 1. The van der Waals surface area contributed by atoms with Crippen LogP contribution in [0.5, 0.6) is 0 Å². The molecule has 1 atom stereocenters. The minimum Gasteiger partial charge on any atom is -0.465 e. The van der Waals surface area contributed by atoms with Gasteiger partial charge in [-0.25, -0.2) is 9.78 Å². The molecule has 1 unspecified atom stereocenters. The molecule has 1 aromatic heterocycles. The van der Waals surface area contributed by atoms with Crippen LogP contribution in [0.4, 0.5) is 17.1 Å². The highest BCUT2D eigenvalue weighted by Gasteiger charge is 2.31. The number of nitrogens with zero attached hydrogens (tertiary/aromatic N) is 2. The fourth-order valence-electron chi connectivity index (χ4n) is 3.63. The van der Waals surface area contributed by atoms with Crippen LogP contribution in [0.1, 0.15) is 33.3 Å². The van der Waals surface area contributed by atoms with Gasteiger partial charge in [0.15, 0.2) is 0 Å². The van der Waals surface area contributed by atoms with E-state index in [0.717, 1.165) is 12.1 Å². The molecular weight excluding hydrogens is 366 g/mol. The van der Waals surface area contributed by atoms with Crippen molar-refractivity contribution in [3.05, 3.63) is 83.7 Å². The molecule has 6 nitrogen and oxygen atoms in total. The van der Waals surface area contributed by atoms with Crippen molar-refractivity contribution in [2.45, 2.75) is 19.4 Å². The van der Waals surface area contributed by atoms with Crippen LogP contribution in [-0.2, 0) is 11.2 Å². The summed E-state index contributed by atoms with van der Waals surface area (Å²) in [6.07, 6.45) is 2.43. The first kappa shape index (κ1) is 18.7. The van der Waals surface area contributed by atoms with Crippen LogP contribution in [0.15, 0.2) is 66.9 Å². The standard InChI is InChI=1S/C23H21N3O3/c1-15-13-16-7-3-6-10-21(16)26(15)22(27)20-12-11-17(14-24-20)25-19-9-5-4-8-18(19)23(28)29-2/h3-12,14-15,25H,13H2,1-2H3. The summed E-state index contributed by atoms with van der Waals surface area (Å²) < 4.78 is 4.82. The topological polar surface area (TPSA) is 71.5 Å². The minimum absolute atomic E-state index is 0.0893. The number of methoxy groups -OCH3 is 1. The van der Waals surface area contributed by atoms with E-state index in [1.807, 2.05) is 31.2 Å². The van der Waals surface area contributed by atoms with Gasteiger partial charge in [-0.2, -0.15) is 0 Å². The first-order valence-electron chi connectivity index (χ1n) is 9.40. The highest BCUT2D eigenvalue weighted by atomic mass is 16.5. The molecule has 0 spiro atoms. The molecule has 6 heteroatoms. The zero-order valence-electron chi connectivity index (χ0n) is 16.3. The Morgan fingerprint density at radius 1 is 1.07 bits per heavy atom. The Morgan fingerprint density at radius 2 is 1.83 bits per heavy atom. The van der Waals surface area contributed by atoms with E-state index in [1.54, 1.807) is 41.4 Å². The van der Waals surface area contributed by atoms with Crippen LogP contribution in [0.2, 0.25) is 0 Å². The Kier molecular flexibility index (Phi) is 4.99. The second-order valence-electron chi connectivity index (χ2n) is 6.95. The number of hydrogen-bond donors (Lipinski definition) is 1.